The Balaban J connectivity index is 3.00. The summed E-state index contributed by atoms with van der Waals surface area (Å²) in [6.07, 6.45) is 2.49. The highest BCUT2D eigenvalue weighted by Gasteiger charge is 2.06. The van der Waals surface area contributed by atoms with Crippen molar-refractivity contribution in [1.82, 2.24) is 4.98 Å². The third kappa shape index (κ3) is 2.29. The van der Waals surface area contributed by atoms with E-state index in [4.69, 9.17) is 5.73 Å². The lowest BCUT2D eigenvalue weighted by Crippen LogP contribution is -2.15. The zero-order valence-electron chi connectivity index (χ0n) is 7.71. The van der Waals surface area contributed by atoms with Crippen molar-refractivity contribution < 1.29 is 0 Å². The van der Waals surface area contributed by atoms with Crippen molar-refractivity contribution in [3.8, 4) is 0 Å². The summed E-state index contributed by atoms with van der Waals surface area (Å²) in [6, 6.07) is 3.18. The van der Waals surface area contributed by atoms with E-state index in [9.17, 15) is 4.79 Å². The van der Waals surface area contributed by atoms with Crippen molar-refractivity contribution in [3.63, 3.8) is 0 Å². The van der Waals surface area contributed by atoms with Gasteiger partial charge in [0.2, 0.25) is 5.56 Å². The van der Waals surface area contributed by atoms with Gasteiger partial charge in [-0.05, 0) is 18.9 Å². The van der Waals surface area contributed by atoms with E-state index in [0.717, 1.165) is 11.3 Å². The summed E-state index contributed by atoms with van der Waals surface area (Å²) in [6.45, 7) is 5.47. The number of nitrogens with one attached hydrogen (secondary N) is 1. The van der Waals surface area contributed by atoms with Crippen molar-refractivity contribution in [2.45, 2.75) is 19.4 Å². The van der Waals surface area contributed by atoms with Gasteiger partial charge in [-0.1, -0.05) is 12.1 Å². The Kier molecular flexibility index (Phi) is 3.03. The topological polar surface area (TPSA) is 58.9 Å². The molecule has 1 heterocycles. The van der Waals surface area contributed by atoms with E-state index < -0.39 is 0 Å². The van der Waals surface area contributed by atoms with Gasteiger partial charge in [-0.25, -0.2) is 0 Å². The molecule has 0 fully saturated rings. The van der Waals surface area contributed by atoms with Crippen LogP contribution in [0, 0.1) is 6.92 Å². The summed E-state index contributed by atoms with van der Waals surface area (Å²) >= 11 is 0. The van der Waals surface area contributed by atoms with E-state index in [0.29, 0.717) is 6.42 Å². The first-order chi connectivity index (χ1) is 6.15. The number of nitrogens with two attached hydrogens (primary N) is 1. The maximum Gasteiger partial charge on any atom is 0.248 e. The van der Waals surface area contributed by atoms with Crippen molar-refractivity contribution in [2.24, 2.45) is 5.73 Å². The van der Waals surface area contributed by atoms with Gasteiger partial charge in [0.1, 0.15) is 0 Å². The predicted molar refractivity (Wildman–Crippen MR) is 53.5 cm³/mol. The highest BCUT2D eigenvalue weighted by molar-refractivity contribution is 5.22. The molecule has 0 unspecified atom stereocenters. The van der Waals surface area contributed by atoms with Crippen LogP contribution in [0.2, 0.25) is 0 Å². The van der Waals surface area contributed by atoms with Crippen LogP contribution in [0.5, 0.6) is 0 Å². The minimum Gasteiger partial charge on any atom is -0.326 e. The molecule has 0 spiro atoms. The lowest BCUT2D eigenvalue weighted by molar-refractivity contribution is 0.728. The number of H-pyrrole nitrogens is 1. The fourth-order valence-electron chi connectivity index (χ4n) is 1.30. The van der Waals surface area contributed by atoms with Crippen LogP contribution in [0.4, 0.5) is 0 Å². The SMILES string of the molecule is C=CC[C@H](N)c1ccc(=O)[nH]c1C. The number of aromatic nitrogens is 1. The van der Waals surface area contributed by atoms with Crippen LogP contribution in [0.3, 0.4) is 0 Å². The van der Waals surface area contributed by atoms with Crippen LogP contribution in [0.15, 0.2) is 29.6 Å². The van der Waals surface area contributed by atoms with E-state index in [1.165, 1.54) is 6.07 Å². The molecule has 0 radical (unpaired) electrons. The van der Waals surface area contributed by atoms with Gasteiger partial charge in [-0.2, -0.15) is 0 Å². The van der Waals surface area contributed by atoms with Gasteiger partial charge >= 0.3 is 0 Å². The minimum absolute atomic E-state index is 0.0747. The third-order valence-electron chi connectivity index (χ3n) is 1.98. The molecule has 0 aliphatic heterocycles. The smallest absolute Gasteiger partial charge is 0.248 e. The molecule has 0 aliphatic carbocycles. The fraction of sp³-hybridized carbons (Fsp3) is 0.300. The fourth-order valence-corrected chi connectivity index (χ4v) is 1.30. The Morgan fingerprint density at radius 1 is 1.69 bits per heavy atom. The monoisotopic (exact) mass is 178 g/mol. The number of hydrogen-bond acceptors (Lipinski definition) is 2. The second-order valence-corrected chi connectivity index (χ2v) is 3.03. The Bertz CT molecular complexity index is 354. The van der Waals surface area contributed by atoms with Gasteiger partial charge in [-0.3, -0.25) is 4.79 Å². The normalized spacial score (nSPS) is 12.5. The summed E-state index contributed by atoms with van der Waals surface area (Å²) in [5, 5.41) is 0. The van der Waals surface area contributed by atoms with Crippen molar-refractivity contribution in [1.29, 1.82) is 0 Å². The molecule has 1 atom stereocenters. The number of hydrogen-bond donors (Lipinski definition) is 2. The molecule has 0 aromatic carbocycles. The lowest BCUT2D eigenvalue weighted by atomic mass is 10.0. The van der Waals surface area contributed by atoms with E-state index >= 15 is 0 Å². The van der Waals surface area contributed by atoms with Gasteiger partial charge < -0.3 is 10.7 Å². The molecule has 70 valence electrons. The predicted octanol–water partition coefficient (Wildman–Crippen LogP) is 1.26. The molecule has 3 nitrogen and oxygen atoms in total. The molecule has 1 aromatic heterocycles. The average Bonchev–Trinajstić information content (AvgIpc) is 2.04. The first kappa shape index (κ1) is 9.74. The van der Waals surface area contributed by atoms with E-state index in [1.807, 2.05) is 6.92 Å². The van der Waals surface area contributed by atoms with Crippen LogP contribution in [0.25, 0.3) is 0 Å². The quantitative estimate of drug-likeness (QED) is 0.684. The second kappa shape index (κ2) is 4.05. The number of aryl methyl sites for hydroxylation is 1. The molecule has 0 saturated heterocycles. The zero-order valence-corrected chi connectivity index (χ0v) is 7.71. The summed E-state index contributed by atoms with van der Waals surface area (Å²) in [7, 11) is 0. The minimum atomic E-state index is -0.0907. The summed E-state index contributed by atoms with van der Waals surface area (Å²) in [4.78, 5) is 13.6. The summed E-state index contributed by atoms with van der Waals surface area (Å²) in [5.41, 5.74) is 7.58. The summed E-state index contributed by atoms with van der Waals surface area (Å²) < 4.78 is 0. The highest BCUT2D eigenvalue weighted by Crippen LogP contribution is 2.15. The van der Waals surface area contributed by atoms with Crippen LogP contribution in [0.1, 0.15) is 23.7 Å². The van der Waals surface area contributed by atoms with E-state index in [1.54, 1.807) is 12.1 Å². The Hall–Kier alpha value is -1.35. The molecule has 0 aliphatic rings. The van der Waals surface area contributed by atoms with Crippen LogP contribution in [-0.2, 0) is 0 Å². The molecule has 1 rings (SSSR count). The Morgan fingerprint density at radius 3 is 2.92 bits per heavy atom. The molecule has 0 saturated carbocycles. The zero-order chi connectivity index (χ0) is 9.84. The maximum atomic E-state index is 10.9. The molecule has 0 amide bonds. The van der Waals surface area contributed by atoms with Gasteiger partial charge in [0.05, 0.1) is 0 Å². The molecule has 3 N–H and O–H groups in total. The third-order valence-corrected chi connectivity index (χ3v) is 1.98. The van der Waals surface area contributed by atoms with Gasteiger partial charge in [0.25, 0.3) is 0 Å². The first-order valence-corrected chi connectivity index (χ1v) is 4.21. The number of pyridine rings is 1. The van der Waals surface area contributed by atoms with Crippen molar-refractivity contribution in [3.05, 3.63) is 46.4 Å². The summed E-state index contributed by atoms with van der Waals surface area (Å²) in [5.74, 6) is 0. The maximum absolute atomic E-state index is 10.9. The molecule has 3 heteroatoms. The Morgan fingerprint density at radius 2 is 2.38 bits per heavy atom. The number of aromatic amines is 1. The van der Waals surface area contributed by atoms with E-state index in [2.05, 4.69) is 11.6 Å². The molecule has 13 heavy (non-hydrogen) atoms. The van der Waals surface area contributed by atoms with Gasteiger partial charge in [0, 0.05) is 17.8 Å². The van der Waals surface area contributed by atoms with Crippen LogP contribution < -0.4 is 11.3 Å². The van der Waals surface area contributed by atoms with Crippen molar-refractivity contribution >= 4 is 0 Å². The molecular formula is C10H14N2O. The second-order valence-electron chi connectivity index (χ2n) is 3.03. The van der Waals surface area contributed by atoms with Crippen molar-refractivity contribution in [2.75, 3.05) is 0 Å². The Labute approximate surface area is 77.3 Å². The largest absolute Gasteiger partial charge is 0.326 e. The molecule has 1 aromatic rings. The van der Waals surface area contributed by atoms with Gasteiger partial charge in [-0.15, -0.1) is 6.58 Å². The molecular weight excluding hydrogens is 164 g/mol. The molecule has 0 bridgehead atoms. The first-order valence-electron chi connectivity index (χ1n) is 4.21. The lowest BCUT2D eigenvalue weighted by Gasteiger charge is -2.11. The standard InChI is InChI=1S/C10H14N2O/c1-3-4-9(11)8-5-6-10(13)12-7(8)2/h3,5-6,9H,1,4,11H2,2H3,(H,12,13)/t9-/m0/s1. The highest BCUT2D eigenvalue weighted by atomic mass is 16.1. The average molecular weight is 178 g/mol. The number of rotatable bonds is 3. The van der Waals surface area contributed by atoms with Gasteiger partial charge in [0.15, 0.2) is 0 Å². The van der Waals surface area contributed by atoms with Crippen LogP contribution >= 0.6 is 0 Å². The van der Waals surface area contributed by atoms with E-state index in [-0.39, 0.29) is 11.6 Å². The van der Waals surface area contributed by atoms with Crippen LogP contribution in [-0.4, -0.2) is 4.98 Å².